The van der Waals surface area contributed by atoms with Gasteiger partial charge in [-0.2, -0.15) is 0 Å². The van der Waals surface area contributed by atoms with Gasteiger partial charge in [-0.05, 0) is 30.7 Å². The highest BCUT2D eigenvalue weighted by Gasteiger charge is 2.25. The van der Waals surface area contributed by atoms with Crippen molar-refractivity contribution in [3.8, 4) is 12.3 Å². The second-order valence-corrected chi connectivity index (χ2v) is 7.41. The third-order valence-corrected chi connectivity index (χ3v) is 4.86. The lowest BCUT2D eigenvalue weighted by Crippen LogP contribution is -2.29. The average molecular weight is 477 g/mol. The molecule has 0 radical (unpaired) electrons. The molecule has 0 heterocycles. The Kier molecular flexibility index (Phi) is 9.92. The first kappa shape index (κ1) is 26.7. The molecule has 34 heavy (non-hydrogen) atoms. The summed E-state index contributed by atoms with van der Waals surface area (Å²) in [6.45, 7) is 0.975. The normalized spacial score (nSPS) is 10.5. The Bertz CT molecular complexity index is 1090. The predicted molar refractivity (Wildman–Crippen MR) is 120 cm³/mol. The van der Waals surface area contributed by atoms with Gasteiger partial charge in [0.2, 0.25) is 5.91 Å². The second kappa shape index (κ2) is 12.6. The summed E-state index contributed by atoms with van der Waals surface area (Å²) in [7, 11) is 1.44. The monoisotopic (exact) mass is 477 g/mol. The van der Waals surface area contributed by atoms with Gasteiger partial charge in [-0.15, -0.1) is 6.42 Å². The minimum Gasteiger partial charge on any atom is -0.394 e. The van der Waals surface area contributed by atoms with Crippen LogP contribution in [-0.4, -0.2) is 42.1 Å². The Morgan fingerprint density at radius 2 is 1.94 bits per heavy atom. The van der Waals surface area contributed by atoms with Crippen LogP contribution < -0.4 is 10.8 Å². The fourth-order valence-electron chi connectivity index (χ4n) is 3.02. The highest BCUT2D eigenvalue weighted by molar-refractivity contribution is 6.00. The van der Waals surface area contributed by atoms with Gasteiger partial charge in [0.1, 0.15) is 5.82 Å². The van der Waals surface area contributed by atoms with E-state index < -0.39 is 41.2 Å². The molecule has 0 unspecified atom stereocenters. The molecule has 0 fully saturated rings. The van der Waals surface area contributed by atoms with Gasteiger partial charge in [0.15, 0.2) is 11.6 Å². The van der Waals surface area contributed by atoms with Crippen LogP contribution in [0.1, 0.15) is 47.7 Å². The summed E-state index contributed by atoms with van der Waals surface area (Å²) >= 11 is 0. The fraction of sp³-hybridized carbons (Fsp3) is 0.333. The molecular formula is C24H26F3N3O4. The van der Waals surface area contributed by atoms with E-state index in [1.165, 1.54) is 24.1 Å². The number of hydrogen-bond donors (Lipinski definition) is 3. The number of carbonyl (C=O) groups excluding carboxylic acids is 2. The van der Waals surface area contributed by atoms with Crippen LogP contribution in [0, 0.1) is 29.8 Å². The van der Waals surface area contributed by atoms with Crippen LogP contribution in [0.3, 0.4) is 0 Å². The Labute approximate surface area is 195 Å². The molecule has 7 nitrogen and oxygen atoms in total. The quantitative estimate of drug-likeness (QED) is 0.261. The zero-order valence-electron chi connectivity index (χ0n) is 18.9. The molecule has 2 rings (SSSR count). The minimum absolute atomic E-state index is 0.233. The number of amides is 2. The fourth-order valence-corrected chi connectivity index (χ4v) is 3.02. The number of benzene rings is 2. The number of unbranched alkanes of at least 4 members (excludes halogenated alkanes) is 1. The number of hydroxylamine groups is 1. The van der Waals surface area contributed by atoms with Crippen LogP contribution in [0.4, 0.5) is 24.5 Å². The zero-order valence-corrected chi connectivity index (χ0v) is 18.9. The number of carbonyl (C=O) groups is 2. The molecule has 0 aliphatic carbocycles. The van der Waals surface area contributed by atoms with Gasteiger partial charge in [-0.25, -0.2) is 18.7 Å². The van der Waals surface area contributed by atoms with Crippen LogP contribution in [0.15, 0.2) is 24.3 Å². The molecule has 0 atom stereocenters. The van der Waals surface area contributed by atoms with E-state index in [-0.39, 0.29) is 42.3 Å². The number of nitrogens with zero attached hydrogens (tertiary/aromatic N) is 1. The zero-order chi connectivity index (χ0) is 25.3. The smallest absolute Gasteiger partial charge is 0.277 e. The van der Waals surface area contributed by atoms with Gasteiger partial charge in [0, 0.05) is 31.1 Å². The molecule has 182 valence electrons. The number of anilines is 2. The maximum atomic E-state index is 15.1. The van der Waals surface area contributed by atoms with E-state index in [0.717, 1.165) is 18.6 Å². The van der Waals surface area contributed by atoms with Gasteiger partial charge in [0.25, 0.3) is 5.91 Å². The lowest BCUT2D eigenvalue weighted by atomic mass is 10.0. The summed E-state index contributed by atoms with van der Waals surface area (Å²) in [6, 6.07) is 4.68. The van der Waals surface area contributed by atoms with Crippen molar-refractivity contribution in [1.82, 2.24) is 10.4 Å². The van der Waals surface area contributed by atoms with Crippen molar-refractivity contribution in [2.45, 2.75) is 32.7 Å². The van der Waals surface area contributed by atoms with Crippen LogP contribution >= 0.6 is 0 Å². The molecule has 10 heteroatoms. The lowest BCUT2D eigenvalue weighted by Gasteiger charge is -2.20. The van der Waals surface area contributed by atoms with Crippen molar-refractivity contribution in [2.75, 3.05) is 25.6 Å². The van der Waals surface area contributed by atoms with Gasteiger partial charge in [0.05, 0.1) is 30.2 Å². The topological polar surface area (TPSA) is 90.9 Å². The van der Waals surface area contributed by atoms with Crippen molar-refractivity contribution in [3.63, 3.8) is 0 Å². The summed E-state index contributed by atoms with van der Waals surface area (Å²) in [4.78, 5) is 30.9. The summed E-state index contributed by atoms with van der Waals surface area (Å²) < 4.78 is 44.5. The molecule has 2 amide bonds. The standard InChI is InChI=1S/C24H26F3N3O4/c1-4-6-7-20(32)30(3)14-16-13-17(24(33)29-34-11-10-31)23(22(27)21(16)26)28-19-9-8-15(5-2)12-18(19)25/h2,8-9,12-13,28,31H,4,6-7,10-11,14H2,1,3H3,(H,29,33). The van der Waals surface area contributed by atoms with Crippen molar-refractivity contribution >= 4 is 23.2 Å². The van der Waals surface area contributed by atoms with Crippen LogP contribution in [0.25, 0.3) is 0 Å². The van der Waals surface area contributed by atoms with Gasteiger partial charge in [-0.1, -0.05) is 19.3 Å². The molecule has 0 spiro atoms. The molecule has 0 saturated carbocycles. The second-order valence-electron chi connectivity index (χ2n) is 7.41. The molecule has 3 N–H and O–H groups in total. The predicted octanol–water partition coefficient (Wildman–Crippen LogP) is 3.63. The molecule has 2 aromatic carbocycles. The molecular weight excluding hydrogens is 451 g/mol. The molecule has 0 aliphatic heterocycles. The van der Waals surface area contributed by atoms with Gasteiger partial charge in [-0.3, -0.25) is 14.4 Å². The third kappa shape index (κ3) is 6.73. The number of hydrogen-bond acceptors (Lipinski definition) is 5. The van der Waals surface area contributed by atoms with Crippen molar-refractivity contribution in [3.05, 3.63) is 58.4 Å². The summed E-state index contributed by atoms with van der Waals surface area (Å²) in [6.07, 6.45) is 6.91. The minimum atomic E-state index is -1.44. The van der Waals surface area contributed by atoms with E-state index in [4.69, 9.17) is 16.4 Å². The molecule has 0 bridgehead atoms. The first-order valence-corrected chi connectivity index (χ1v) is 10.5. The van der Waals surface area contributed by atoms with Crippen LogP contribution in [0.5, 0.6) is 0 Å². The number of aliphatic hydroxyl groups is 1. The van der Waals surface area contributed by atoms with Crippen molar-refractivity contribution in [2.24, 2.45) is 0 Å². The number of aliphatic hydroxyl groups excluding tert-OH is 1. The number of nitrogens with one attached hydrogen (secondary N) is 2. The Hall–Kier alpha value is -3.55. The SMILES string of the molecule is C#Cc1ccc(Nc2c(C(=O)NOCCO)cc(CN(C)C(=O)CCCC)c(F)c2F)c(F)c1. The highest BCUT2D eigenvalue weighted by atomic mass is 19.2. The maximum Gasteiger partial charge on any atom is 0.277 e. The van der Waals surface area contributed by atoms with E-state index in [0.29, 0.717) is 6.42 Å². The highest BCUT2D eigenvalue weighted by Crippen LogP contribution is 2.31. The van der Waals surface area contributed by atoms with Gasteiger partial charge < -0.3 is 15.3 Å². The first-order chi connectivity index (χ1) is 16.2. The van der Waals surface area contributed by atoms with E-state index >= 15 is 4.39 Å². The Balaban J connectivity index is 2.47. The average Bonchev–Trinajstić information content (AvgIpc) is 2.82. The van der Waals surface area contributed by atoms with E-state index in [2.05, 4.69) is 11.2 Å². The largest absolute Gasteiger partial charge is 0.394 e. The molecule has 2 aromatic rings. The number of rotatable bonds is 11. The van der Waals surface area contributed by atoms with E-state index in [1.54, 1.807) is 0 Å². The molecule has 0 aromatic heterocycles. The number of terminal acetylenes is 1. The maximum absolute atomic E-state index is 15.1. The molecule has 0 aliphatic rings. The number of halogens is 3. The Morgan fingerprint density at radius 3 is 2.56 bits per heavy atom. The summed E-state index contributed by atoms with van der Waals surface area (Å²) in [5.41, 5.74) is 0.693. The lowest BCUT2D eigenvalue weighted by molar-refractivity contribution is -0.130. The van der Waals surface area contributed by atoms with Gasteiger partial charge >= 0.3 is 0 Å². The Morgan fingerprint density at radius 1 is 1.21 bits per heavy atom. The molecule has 0 saturated heterocycles. The van der Waals surface area contributed by atoms with E-state index in [9.17, 15) is 18.4 Å². The van der Waals surface area contributed by atoms with Crippen LogP contribution in [-0.2, 0) is 16.2 Å². The third-order valence-electron chi connectivity index (χ3n) is 4.86. The van der Waals surface area contributed by atoms with Crippen LogP contribution in [0.2, 0.25) is 0 Å². The summed E-state index contributed by atoms with van der Waals surface area (Å²) in [5, 5.41) is 11.2. The van der Waals surface area contributed by atoms with Crippen molar-refractivity contribution in [1.29, 1.82) is 0 Å². The van der Waals surface area contributed by atoms with Crippen molar-refractivity contribution < 1.29 is 32.7 Å². The summed E-state index contributed by atoms with van der Waals surface area (Å²) in [5.74, 6) is -2.58. The first-order valence-electron chi connectivity index (χ1n) is 10.5. The van der Waals surface area contributed by atoms with E-state index in [1.807, 2.05) is 12.4 Å².